The fraction of sp³-hybridized carbons (Fsp3) is 0.429. The van der Waals surface area contributed by atoms with Crippen molar-refractivity contribution in [3.63, 3.8) is 0 Å². The molecule has 5 nitrogen and oxygen atoms in total. The van der Waals surface area contributed by atoms with Gasteiger partial charge >= 0.3 is 0 Å². The lowest BCUT2D eigenvalue weighted by Crippen LogP contribution is -2.43. The van der Waals surface area contributed by atoms with E-state index in [0.29, 0.717) is 17.5 Å². The number of hydrogen-bond acceptors (Lipinski definition) is 3. The summed E-state index contributed by atoms with van der Waals surface area (Å²) >= 11 is 0. The first-order valence-corrected chi connectivity index (χ1v) is 6.74. The molecule has 0 aromatic carbocycles. The Morgan fingerprint density at radius 2 is 2.37 bits per heavy atom. The van der Waals surface area contributed by atoms with E-state index in [4.69, 9.17) is 0 Å². The molecule has 1 N–H and O–H groups in total. The molecule has 19 heavy (non-hydrogen) atoms. The van der Waals surface area contributed by atoms with Crippen LogP contribution in [0.2, 0.25) is 0 Å². The Morgan fingerprint density at radius 1 is 1.42 bits per heavy atom. The maximum Gasteiger partial charge on any atom is 0.251 e. The minimum Gasteiger partial charge on any atom is -0.348 e. The number of nitrogens with zero attached hydrogens (tertiary/aromatic N) is 3. The van der Waals surface area contributed by atoms with E-state index in [1.165, 1.54) is 13.0 Å². The van der Waals surface area contributed by atoms with Gasteiger partial charge in [0.15, 0.2) is 0 Å². The molecular weight excluding hydrogens is 240 g/mol. The van der Waals surface area contributed by atoms with E-state index < -0.39 is 0 Å². The van der Waals surface area contributed by atoms with Crippen molar-refractivity contribution in [1.29, 1.82) is 0 Å². The SMILES string of the molecule is O=C(NC1CN2CCC1C2)c1ccn2cncc2c1. The van der Waals surface area contributed by atoms with Gasteiger partial charge in [-0.1, -0.05) is 0 Å². The molecule has 1 amide bonds. The van der Waals surface area contributed by atoms with Gasteiger partial charge in [-0.2, -0.15) is 0 Å². The largest absolute Gasteiger partial charge is 0.348 e. The van der Waals surface area contributed by atoms with Crippen LogP contribution in [0, 0.1) is 5.92 Å². The molecule has 3 unspecified atom stereocenters. The quantitative estimate of drug-likeness (QED) is 0.863. The van der Waals surface area contributed by atoms with E-state index in [2.05, 4.69) is 15.2 Å². The molecule has 2 aromatic heterocycles. The van der Waals surface area contributed by atoms with Crippen molar-refractivity contribution in [1.82, 2.24) is 19.6 Å². The third kappa shape index (κ3) is 1.81. The van der Waals surface area contributed by atoms with Crippen molar-refractivity contribution in [2.45, 2.75) is 12.5 Å². The smallest absolute Gasteiger partial charge is 0.251 e. The predicted octanol–water partition coefficient (Wildman–Crippen LogP) is 0.768. The van der Waals surface area contributed by atoms with Crippen LogP contribution in [0.3, 0.4) is 0 Å². The van der Waals surface area contributed by atoms with E-state index in [1.807, 2.05) is 22.7 Å². The number of aromatic nitrogens is 2. The lowest BCUT2D eigenvalue weighted by Gasteiger charge is -2.23. The van der Waals surface area contributed by atoms with E-state index in [1.54, 1.807) is 12.5 Å². The van der Waals surface area contributed by atoms with Gasteiger partial charge in [0.1, 0.15) is 0 Å². The standard InChI is InChI=1S/C14H16N4O/c19-14(16-13-8-17-3-1-11(13)7-17)10-2-4-18-9-15-6-12(18)5-10/h2,4-6,9,11,13H,1,3,7-8H2,(H,16,19). The summed E-state index contributed by atoms with van der Waals surface area (Å²) in [6, 6.07) is 4.05. The second-order valence-electron chi connectivity index (χ2n) is 5.53. The molecule has 2 aliphatic heterocycles. The monoisotopic (exact) mass is 256 g/mol. The molecule has 0 spiro atoms. The minimum atomic E-state index is 0.0300. The number of fused-ring (bicyclic) bond motifs is 3. The van der Waals surface area contributed by atoms with Gasteiger partial charge in [-0.05, 0) is 31.0 Å². The van der Waals surface area contributed by atoms with E-state index in [-0.39, 0.29) is 5.91 Å². The lowest BCUT2D eigenvalue weighted by atomic mass is 10.00. The summed E-state index contributed by atoms with van der Waals surface area (Å²) < 4.78 is 1.90. The normalized spacial score (nSPS) is 28.9. The summed E-state index contributed by atoms with van der Waals surface area (Å²) in [4.78, 5) is 18.8. The summed E-state index contributed by atoms with van der Waals surface area (Å²) in [5, 5.41) is 3.17. The van der Waals surface area contributed by atoms with Crippen molar-refractivity contribution >= 4 is 11.4 Å². The first-order chi connectivity index (χ1) is 9.29. The number of rotatable bonds is 2. The van der Waals surface area contributed by atoms with Gasteiger partial charge in [0.2, 0.25) is 0 Å². The van der Waals surface area contributed by atoms with Crippen LogP contribution in [-0.4, -0.2) is 45.9 Å². The van der Waals surface area contributed by atoms with E-state index >= 15 is 0 Å². The summed E-state index contributed by atoms with van der Waals surface area (Å²) in [5.41, 5.74) is 1.66. The third-order valence-corrected chi connectivity index (χ3v) is 4.33. The van der Waals surface area contributed by atoms with Gasteiger partial charge in [-0.3, -0.25) is 4.79 Å². The van der Waals surface area contributed by atoms with Crippen LogP contribution in [0.5, 0.6) is 0 Å². The number of piperidine rings is 1. The van der Waals surface area contributed by atoms with Crippen LogP contribution in [0.15, 0.2) is 30.9 Å². The van der Waals surface area contributed by atoms with Gasteiger partial charge in [-0.15, -0.1) is 0 Å². The van der Waals surface area contributed by atoms with Crippen LogP contribution < -0.4 is 5.32 Å². The molecular formula is C14H16N4O. The molecule has 2 bridgehead atoms. The molecule has 2 fully saturated rings. The maximum absolute atomic E-state index is 12.3. The number of carbonyl (C=O) groups is 1. The average Bonchev–Trinajstić information content (AvgIpc) is 3.13. The van der Waals surface area contributed by atoms with Crippen LogP contribution in [0.1, 0.15) is 16.8 Å². The fourth-order valence-corrected chi connectivity index (χ4v) is 3.26. The molecule has 0 saturated carbocycles. The lowest BCUT2D eigenvalue weighted by molar-refractivity contribution is 0.0924. The van der Waals surface area contributed by atoms with Crippen molar-refractivity contribution in [3.05, 3.63) is 36.4 Å². The molecule has 0 radical (unpaired) electrons. The first kappa shape index (κ1) is 11.0. The second kappa shape index (κ2) is 4.06. The Bertz CT molecular complexity index is 635. The maximum atomic E-state index is 12.3. The average molecular weight is 256 g/mol. The number of imidazole rings is 1. The van der Waals surface area contributed by atoms with E-state index in [9.17, 15) is 4.79 Å². The van der Waals surface area contributed by atoms with Gasteiger partial charge in [0.25, 0.3) is 5.91 Å². The molecule has 2 aromatic rings. The number of nitrogens with one attached hydrogen (secondary N) is 1. The van der Waals surface area contributed by atoms with Crippen molar-refractivity contribution in [2.24, 2.45) is 5.92 Å². The van der Waals surface area contributed by atoms with Gasteiger partial charge < -0.3 is 14.6 Å². The summed E-state index contributed by atoms with van der Waals surface area (Å²) in [7, 11) is 0. The molecule has 4 rings (SSSR count). The predicted molar refractivity (Wildman–Crippen MR) is 71.0 cm³/mol. The zero-order valence-electron chi connectivity index (χ0n) is 10.6. The van der Waals surface area contributed by atoms with Crippen LogP contribution in [-0.2, 0) is 0 Å². The minimum absolute atomic E-state index is 0.0300. The number of pyridine rings is 1. The Balaban J connectivity index is 1.53. The van der Waals surface area contributed by atoms with Gasteiger partial charge in [0.05, 0.1) is 18.0 Å². The highest BCUT2D eigenvalue weighted by molar-refractivity contribution is 5.95. The molecule has 98 valence electrons. The Labute approximate surface area is 111 Å². The fourth-order valence-electron chi connectivity index (χ4n) is 3.26. The molecule has 0 aliphatic carbocycles. The second-order valence-corrected chi connectivity index (χ2v) is 5.53. The van der Waals surface area contributed by atoms with E-state index in [0.717, 1.165) is 18.6 Å². The zero-order chi connectivity index (χ0) is 12.8. The van der Waals surface area contributed by atoms with Crippen molar-refractivity contribution in [3.8, 4) is 0 Å². The zero-order valence-corrected chi connectivity index (χ0v) is 10.6. The highest BCUT2D eigenvalue weighted by Crippen LogP contribution is 2.27. The molecule has 2 saturated heterocycles. The van der Waals surface area contributed by atoms with Crippen LogP contribution in [0.25, 0.3) is 5.52 Å². The van der Waals surface area contributed by atoms with Crippen LogP contribution >= 0.6 is 0 Å². The first-order valence-electron chi connectivity index (χ1n) is 6.74. The van der Waals surface area contributed by atoms with Gasteiger partial charge in [0, 0.05) is 30.9 Å². The van der Waals surface area contributed by atoms with Crippen LogP contribution in [0.4, 0.5) is 0 Å². The number of amides is 1. The summed E-state index contributed by atoms with van der Waals surface area (Å²) in [6.07, 6.45) is 6.59. The Kier molecular flexibility index (Phi) is 2.35. The van der Waals surface area contributed by atoms with Gasteiger partial charge in [-0.25, -0.2) is 4.98 Å². The Hall–Kier alpha value is -1.88. The topological polar surface area (TPSA) is 49.6 Å². The molecule has 5 heteroatoms. The molecule has 4 heterocycles. The summed E-state index contributed by atoms with van der Waals surface area (Å²) in [5.74, 6) is 0.671. The Morgan fingerprint density at radius 3 is 3.16 bits per heavy atom. The highest BCUT2D eigenvalue weighted by Gasteiger charge is 2.38. The molecule has 3 atom stereocenters. The summed E-state index contributed by atoms with van der Waals surface area (Å²) in [6.45, 7) is 3.34. The highest BCUT2D eigenvalue weighted by atomic mass is 16.1. The molecule has 2 aliphatic rings. The van der Waals surface area contributed by atoms with Crippen molar-refractivity contribution < 1.29 is 4.79 Å². The third-order valence-electron chi connectivity index (χ3n) is 4.33. The van der Waals surface area contributed by atoms with Crippen molar-refractivity contribution in [2.75, 3.05) is 19.6 Å². The number of carbonyl (C=O) groups excluding carboxylic acids is 1. The number of hydrogen-bond donors (Lipinski definition) is 1.